The van der Waals surface area contributed by atoms with Crippen molar-refractivity contribution in [2.24, 2.45) is 11.1 Å². The van der Waals surface area contributed by atoms with E-state index < -0.39 is 10.0 Å². The minimum absolute atomic E-state index is 0.0292. The maximum absolute atomic E-state index is 13.4. The van der Waals surface area contributed by atoms with Crippen LogP contribution in [0.2, 0.25) is 5.02 Å². The third-order valence-electron chi connectivity index (χ3n) is 6.57. The number of hydrogen-bond acceptors (Lipinski definition) is 5. The lowest BCUT2D eigenvalue weighted by Gasteiger charge is -2.34. The molecular formula is C27H25ClN4O4S. The Hall–Kier alpha value is -3.66. The number of benzene rings is 3. The van der Waals surface area contributed by atoms with Gasteiger partial charge in [0.15, 0.2) is 0 Å². The first kappa shape index (κ1) is 25.0. The topological polar surface area (TPSA) is 125 Å². The zero-order chi connectivity index (χ0) is 26.2. The lowest BCUT2D eigenvalue weighted by atomic mass is 9.93. The summed E-state index contributed by atoms with van der Waals surface area (Å²) in [5, 5.41) is 9.40. The molecule has 37 heavy (non-hydrogen) atoms. The minimum atomic E-state index is -3.82. The van der Waals surface area contributed by atoms with Gasteiger partial charge in [0.25, 0.3) is 5.56 Å². The number of nitrogens with zero attached hydrogens (tertiary/aromatic N) is 1. The van der Waals surface area contributed by atoms with Crippen LogP contribution in [0.1, 0.15) is 12.8 Å². The number of pyridine rings is 1. The van der Waals surface area contributed by atoms with E-state index in [1.165, 1.54) is 24.3 Å². The number of sulfonamides is 1. The molecule has 1 aliphatic heterocycles. The van der Waals surface area contributed by atoms with Crippen molar-refractivity contribution in [2.45, 2.75) is 17.7 Å². The summed E-state index contributed by atoms with van der Waals surface area (Å²) >= 11 is 6.33. The number of rotatable bonds is 5. The number of carbonyl (C=O) groups is 1. The molecule has 1 atom stereocenters. The van der Waals surface area contributed by atoms with Gasteiger partial charge in [-0.25, -0.2) is 13.6 Å². The minimum Gasteiger partial charge on any atom is -0.366 e. The van der Waals surface area contributed by atoms with E-state index in [2.05, 4.69) is 10.3 Å². The van der Waals surface area contributed by atoms with Gasteiger partial charge in [-0.3, -0.25) is 9.59 Å². The summed E-state index contributed by atoms with van der Waals surface area (Å²) in [6.07, 6.45) is 1.39. The van der Waals surface area contributed by atoms with Gasteiger partial charge in [0, 0.05) is 40.3 Å². The smallest absolute Gasteiger partial charge is 0.272 e. The van der Waals surface area contributed by atoms with Crippen molar-refractivity contribution in [3.63, 3.8) is 0 Å². The molecule has 0 spiro atoms. The molecule has 1 fully saturated rings. The third kappa shape index (κ3) is 5.24. The second kappa shape index (κ2) is 10.0. The van der Waals surface area contributed by atoms with Gasteiger partial charge in [0.05, 0.1) is 10.8 Å². The highest BCUT2D eigenvalue weighted by atomic mass is 35.5. The van der Waals surface area contributed by atoms with Crippen molar-refractivity contribution >= 4 is 49.8 Å². The highest BCUT2D eigenvalue weighted by Gasteiger charge is 2.29. The molecule has 0 unspecified atom stereocenters. The van der Waals surface area contributed by atoms with Crippen molar-refractivity contribution in [3.05, 3.63) is 88.2 Å². The first-order valence-electron chi connectivity index (χ1n) is 11.8. The van der Waals surface area contributed by atoms with Gasteiger partial charge in [-0.2, -0.15) is 0 Å². The average molecular weight is 537 g/mol. The number of nitrogens with two attached hydrogens (primary N) is 1. The van der Waals surface area contributed by atoms with Crippen LogP contribution in [-0.4, -0.2) is 32.4 Å². The van der Waals surface area contributed by atoms with Crippen LogP contribution in [0.15, 0.2) is 82.5 Å². The number of piperidine rings is 1. The zero-order valence-electron chi connectivity index (χ0n) is 19.8. The molecule has 1 aliphatic rings. The second-order valence-electron chi connectivity index (χ2n) is 9.08. The number of amides is 1. The highest BCUT2D eigenvalue weighted by Crippen LogP contribution is 2.37. The number of carbonyl (C=O) groups excluding carboxylic acids is 1. The molecule has 1 saturated heterocycles. The SMILES string of the molecule is NS(=O)(=O)c1ccc(NC(=O)[C@H]2CCCN(c3c(-c4ccccc4)c4cc(Cl)ccc4[nH]c3=O)C2)cc1. The van der Waals surface area contributed by atoms with E-state index in [1.807, 2.05) is 41.3 Å². The fourth-order valence-electron chi connectivity index (χ4n) is 4.82. The quantitative estimate of drug-likeness (QED) is 0.349. The van der Waals surface area contributed by atoms with Gasteiger partial charge >= 0.3 is 0 Å². The van der Waals surface area contributed by atoms with Crippen LogP contribution in [0.25, 0.3) is 22.0 Å². The summed E-state index contributed by atoms with van der Waals surface area (Å²) in [4.78, 5) is 31.5. The summed E-state index contributed by atoms with van der Waals surface area (Å²) < 4.78 is 23.0. The van der Waals surface area contributed by atoms with Crippen LogP contribution in [0.4, 0.5) is 11.4 Å². The molecule has 190 valence electrons. The first-order valence-corrected chi connectivity index (χ1v) is 13.7. The normalized spacial score (nSPS) is 16.1. The number of hydrogen-bond donors (Lipinski definition) is 3. The molecule has 1 amide bonds. The van der Waals surface area contributed by atoms with Gasteiger partial charge in [0.1, 0.15) is 5.69 Å². The molecule has 0 aliphatic carbocycles. The largest absolute Gasteiger partial charge is 0.366 e. The molecule has 5 rings (SSSR count). The lowest BCUT2D eigenvalue weighted by Crippen LogP contribution is -2.43. The Balaban J connectivity index is 1.47. The molecule has 8 nitrogen and oxygen atoms in total. The van der Waals surface area contributed by atoms with Gasteiger partial charge in [-0.1, -0.05) is 41.9 Å². The van der Waals surface area contributed by atoms with Crippen LogP contribution < -0.4 is 20.9 Å². The van der Waals surface area contributed by atoms with E-state index in [1.54, 1.807) is 12.1 Å². The molecule has 1 aromatic heterocycles. The molecular weight excluding hydrogens is 512 g/mol. The fraction of sp³-hybridized carbons (Fsp3) is 0.185. The first-order chi connectivity index (χ1) is 17.7. The number of anilines is 2. The Morgan fingerprint density at radius 2 is 1.78 bits per heavy atom. The van der Waals surface area contributed by atoms with Crippen molar-refractivity contribution in [1.82, 2.24) is 4.98 Å². The lowest BCUT2D eigenvalue weighted by molar-refractivity contribution is -0.120. The summed E-state index contributed by atoms with van der Waals surface area (Å²) in [6.45, 7) is 0.984. The van der Waals surface area contributed by atoms with E-state index in [4.69, 9.17) is 16.7 Å². The Morgan fingerprint density at radius 3 is 2.49 bits per heavy atom. The number of H-pyrrole nitrogens is 1. The second-order valence-corrected chi connectivity index (χ2v) is 11.1. The summed E-state index contributed by atoms with van der Waals surface area (Å²) in [5.74, 6) is -0.570. The van der Waals surface area contributed by atoms with Gasteiger partial charge in [0.2, 0.25) is 15.9 Å². The summed E-state index contributed by atoms with van der Waals surface area (Å²) in [7, 11) is -3.82. The number of primary sulfonamides is 1. The Labute approximate surface area is 219 Å². The number of aromatic amines is 1. The molecule has 0 bridgehead atoms. The highest BCUT2D eigenvalue weighted by molar-refractivity contribution is 7.89. The van der Waals surface area contributed by atoms with Crippen molar-refractivity contribution in [3.8, 4) is 11.1 Å². The van der Waals surface area contributed by atoms with Crippen molar-refractivity contribution < 1.29 is 13.2 Å². The third-order valence-corrected chi connectivity index (χ3v) is 7.74. The van der Waals surface area contributed by atoms with E-state index >= 15 is 0 Å². The van der Waals surface area contributed by atoms with Crippen molar-refractivity contribution in [2.75, 3.05) is 23.3 Å². The van der Waals surface area contributed by atoms with Gasteiger partial charge in [-0.15, -0.1) is 0 Å². The number of fused-ring (bicyclic) bond motifs is 1. The Kier molecular flexibility index (Phi) is 6.76. The van der Waals surface area contributed by atoms with E-state index in [0.717, 1.165) is 22.9 Å². The Bertz CT molecular complexity index is 1640. The van der Waals surface area contributed by atoms with E-state index in [-0.39, 0.29) is 22.3 Å². The molecule has 4 N–H and O–H groups in total. The molecule has 4 aromatic rings. The van der Waals surface area contributed by atoms with Crippen molar-refractivity contribution in [1.29, 1.82) is 0 Å². The number of aromatic nitrogens is 1. The van der Waals surface area contributed by atoms with Gasteiger partial charge < -0.3 is 15.2 Å². The van der Waals surface area contributed by atoms with E-state index in [9.17, 15) is 18.0 Å². The van der Waals surface area contributed by atoms with Crippen LogP contribution in [0.5, 0.6) is 0 Å². The zero-order valence-corrected chi connectivity index (χ0v) is 21.4. The monoisotopic (exact) mass is 536 g/mol. The molecule has 3 aromatic carbocycles. The van der Waals surface area contributed by atoms with Crippen LogP contribution in [-0.2, 0) is 14.8 Å². The maximum Gasteiger partial charge on any atom is 0.272 e. The predicted octanol–water partition coefficient (Wildman–Crippen LogP) is 4.35. The molecule has 2 heterocycles. The average Bonchev–Trinajstić information content (AvgIpc) is 2.88. The predicted molar refractivity (Wildman–Crippen MR) is 146 cm³/mol. The van der Waals surface area contributed by atoms with E-state index in [0.29, 0.717) is 41.4 Å². The standard InChI is InChI=1S/C27H25ClN4O4S/c28-19-8-13-23-22(15-19)24(17-5-2-1-3-6-17)25(27(34)31-23)32-14-4-7-18(16-32)26(33)30-20-9-11-21(12-10-20)37(29,35)36/h1-3,5-6,8-13,15,18H,4,7,14,16H2,(H,30,33)(H,31,34)(H2,29,35,36)/t18-/m0/s1. The van der Waals surface area contributed by atoms with Crippen LogP contribution in [0, 0.1) is 5.92 Å². The Morgan fingerprint density at radius 1 is 1.05 bits per heavy atom. The number of halogens is 1. The number of nitrogens with one attached hydrogen (secondary N) is 2. The maximum atomic E-state index is 13.4. The van der Waals surface area contributed by atoms with Gasteiger partial charge in [-0.05, 0) is 60.9 Å². The van der Waals surface area contributed by atoms with Crippen LogP contribution >= 0.6 is 11.6 Å². The molecule has 10 heteroatoms. The summed E-state index contributed by atoms with van der Waals surface area (Å²) in [6, 6.07) is 20.8. The fourth-order valence-corrected chi connectivity index (χ4v) is 5.51. The van der Waals surface area contributed by atoms with Crippen LogP contribution in [0.3, 0.4) is 0 Å². The molecule has 0 saturated carbocycles. The summed E-state index contributed by atoms with van der Waals surface area (Å²) in [5.41, 5.74) is 3.10. The molecule has 0 radical (unpaired) electrons.